The fourth-order valence-electron chi connectivity index (χ4n) is 2.18. The Balaban J connectivity index is 1.91. The van der Waals surface area contributed by atoms with Crippen LogP contribution in [0.25, 0.3) is 0 Å². The van der Waals surface area contributed by atoms with E-state index < -0.39 is 0 Å². The zero-order chi connectivity index (χ0) is 16.7. The first kappa shape index (κ1) is 17.2. The van der Waals surface area contributed by atoms with Crippen molar-refractivity contribution in [2.24, 2.45) is 0 Å². The van der Waals surface area contributed by atoms with Crippen molar-refractivity contribution in [3.05, 3.63) is 70.2 Å². The van der Waals surface area contributed by atoms with Crippen molar-refractivity contribution >= 4 is 27.7 Å². The van der Waals surface area contributed by atoms with E-state index in [1.54, 1.807) is 23.1 Å². The fourth-order valence-corrected chi connectivity index (χ4v) is 2.58. The molecule has 1 N–H and O–H groups in total. The van der Waals surface area contributed by atoms with E-state index in [2.05, 4.69) is 21.2 Å². The van der Waals surface area contributed by atoms with Crippen molar-refractivity contribution in [1.82, 2.24) is 10.2 Å². The number of nitrogens with one attached hydrogen (secondary N) is 1. The molecule has 4 nitrogen and oxygen atoms in total. The van der Waals surface area contributed by atoms with E-state index in [1.807, 2.05) is 43.3 Å². The molecule has 0 spiro atoms. The molecule has 0 aliphatic carbocycles. The molecule has 0 unspecified atom stereocenters. The molecule has 0 aliphatic heterocycles. The summed E-state index contributed by atoms with van der Waals surface area (Å²) in [5.74, 6) is -0.352. The molecule has 2 aromatic carbocycles. The Labute approximate surface area is 144 Å². The van der Waals surface area contributed by atoms with Gasteiger partial charge in [-0.25, -0.2) is 0 Å². The van der Waals surface area contributed by atoms with Gasteiger partial charge in [0, 0.05) is 23.1 Å². The lowest BCUT2D eigenvalue weighted by Gasteiger charge is -2.21. The smallest absolute Gasteiger partial charge is 0.251 e. The molecule has 0 aromatic heterocycles. The number of nitrogens with zero attached hydrogens (tertiary/aromatic N) is 1. The summed E-state index contributed by atoms with van der Waals surface area (Å²) in [5, 5.41) is 2.68. The van der Waals surface area contributed by atoms with E-state index in [1.165, 1.54) is 0 Å². The summed E-state index contributed by atoms with van der Waals surface area (Å²) < 4.78 is 0.829. The second-order valence-electron chi connectivity index (χ2n) is 5.09. The summed E-state index contributed by atoms with van der Waals surface area (Å²) in [7, 11) is 0. The molecule has 2 rings (SSSR count). The van der Waals surface area contributed by atoms with Crippen molar-refractivity contribution in [2.45, 2.75) is 13.5 Å². The van der Waals surface area contributed by atoms with E-state index in [0.717, 1.165) is 10.0 Å². The van der Waals surface area contributed by atoms with E-state index in [9.17, 15) is 9.59 Å². The third-order valence-electron chi connectivity index (χ3n) is 3.44. The quantitative estimate of drug-likeness (QED) is 0.843. The SMILES string of the molecule is CCN(Cc1ccccc1)C(=O)CNC(=O)c1cccc(Br)c1. The van der Waals surface area contributed by atoms with Gasteiger partial charge in [-0.3, -0.25) is 9.59 Å². The molecule has 0 heterocycles. The fraction of sp³-hybridized carbons (Fsp3) is 0.222. The second-order valence-corrected chi connectivity index (χ2v) is 6.00. The molecule has 2 aromatic rings. The number of halogens is 1. The number of amides is 2. The number of benzene rings is 2. The maximum atomic E-state index is 12.3. The maximum absolute atomic E-state index is 12.3. The predicted octanol–water partition coefficient (Wildman–Crippen LogP) is 3.23. The summed E-state index contributed by atoms with van der Waals surface area (Å²) in [6.45, 7) is 3.06. The molecule has 2 amide bonds. The monoisotopic (exact) mass is 374 g/mol. The van der Waals surface area contributed by atoms with Gasteiger partial charge in [0.1, 0.15) is 0 Å². The van der Waals surface area contributed by atoms with Gasteiger partial charge in [0.15, 0.2) is 0 Å². The molecule has 0 aliphatic rings. The first-order valence-corrected chi connectivity index (χ1v) is 8.25. The third-order valence-corrected chi connectivity index (χ3v) is 3.93. The lowest BCUT2D eigenvalue weighted by molar-refractivity contribution is -0.130. The Morgan fingerprint density at radius 1 is 1.09 bits per heavy atom. The Morgan fingerprint density at radius 3 is 2.48 bits per heavy atom. The summed E-state index contributed by atoms with van der Waals surface area (Å²) in [4.78, 5) is 26.1. The largest absolute Gasteiger partial charge is 0.343 e. The third kappa shape index (κ3) is 5.21. The Hall–Kier alpha value is -2.14. The minimum absolute atomic E-state index is 0.00792. The summed E-state index contributed by atoms with van der Waals surface area (Å²) in [5.41, 5.74) is 1.60. The Bertz CT molecular complexity index is 674. The van der Waals surface area contributed by atoms with Gasteiger partial charge in [0.05, 0.1) is 6.54 Å². The zero-order valence-electron chi connectivity index (χ0n) is 13.0. The van der Waals surface area contributed by atoms with Crippen LogP contribution in [0.2, 0.25) is 0 Å². The molecule has 0 bridgehead atoms. The first-order chi connectivity index (χ1) is 11.1. The molecule has 0 atom stereocenters. The highest BCUT2D eigenvalue weighted by Gasteiger charge is 2.14. The highest BCUT2D eigenvalue weighted by atomic mass is 79.9. The molecule has 23 heavy (non-hydrogen) atoms. The topological polar surface area (TPSA) is 49.4 Å². The van der Waals surface area contributed by atoms with Crippen LogP contribution < -0.4 is 5.32 Å². The molecular formula is C18H19BrN2O2. The van der Waals surface area contributed by atoms with Crippen LogP contribution in [0.15, 0.2) is 59.1 Å². The highest BCUT2D eigenvalue weighted by Crippen LogP contribution is 2.11. The van der Waals surface area contributed by atoms with Crippen molar-refractivity contribution in [2.75, 3.05) is 13.1 Å². The van der Waals surface area contributed by atoms with E-state index in [0.29, 0.717) is 18.7 Å². The summed E-state index contributed by atoms with van der Waals surface area (Å²) in [6.07, 6.45) is 0. The lowest BCUT2D eigenvalue weighted by Crippen LogP contribution is -2.39. The minimum Gasteiger partial charge on any atom is -0.343 e. The van der Waals surface area contributed by atoms with Crippen LogP contribution in [-0.4, -0.2) is 29.8 Å². The summed E-state index contributed by atoms with van der Waals surface area (Å²) in [6, 6.07) is 16.9. The standard InChI is InChI=1S/C18H19BrN2O2/c1-2-21(13-14-7-4-3-5-8-14)17(22)12-20-18(23)15-9-6-10-16(19)11-15/h3-11H,2,12-13H2,1H3,(H,20,23). The van der Waals surface area contributed by atoms with Gasteiger partial charge in [-0.2, -0.15) is 0 Å². The van der Waals surface area contributed by atoms with Crippen molar-refractivity contribution in [3.8, 4) is 0 Å². The van der Waals surface area contributed by atoms with Crippen LogP contribution >= 0.6 is 15.9 Å². The molecule has 0 saturated heterocycles. The number of carbonyl (C=O) groups excluding carboxylic acids is 2. The van der Waals surface area contributed by atoms with Gasteiger partial charge in [-0.15, -0.1) is 0 Å². The van der Waals surface area contributed by atoms with E-state index in [-0.39, 0.29) is 18.4 Å². The van der Waals surface area contributed by atoms with Crippen LogP contribution in [0.3, 0.4) is 0 Å². The van der Waals surface area contributed by atoms with Gasteiger partial charge in [-0.1, -0.05) is 52.3 Å². The van der Waals surface area contributed by atoms with Gasteiger partial charge in [-0.05, 0) is 30.7 Å². The Kier molecular flexibility index (Phi) is 6.35. The van der Waals surface area contributed by atoms with Gasteiger partial charge in [0.2, 0.25) is 5.91 Å². The minimum atomic E-state index is -0.254. The summed E-state index contributed by atoms with van der Waals surface area (Å²) >= 11 is 3.33. The van der Waals surface area contributed by atoms with E-state index in [4.69, 9.17) is 0 Å². The average molecular weight is 375 g/mol. The van der Waals surface area contributed by atoms with Crippen LogP contribution in [0.4, 0.5) is 0 Å². The molecule has 0 radical (unpaired) electrons. The average Bonchev–Trinajstić information content (AvgIpc) is 2.58. The second kappa shape index (κ2) is 8.48. The molecule has 120 valence electrons. The molecule has 0 saturated carbocycles. The van der Waals surface area contributed by atoms with Gasteiger partial charge >= 0.3 is 0 Å². The van der Waals surface area contributed by atoms with Gasteiger partial charge in [0.25, 0.3) is 5.91 Å². The van der Waals surface area contributed by atoms with Crippen LogP contribution in [0.5, 0.6) is 0 Å². The van der Waals surface area contributed by atoms with Crippen molar-refractivity contribution < 1.29 is 9.59 Å². The predicted molar refractivity (Wildman–Crippen MR) is 94.0 cm³/mol. The number of hydrogen-bond acceptors (Lipinski definition) is 2. The first-order valence-electron chi connectivity index (χ1n) is 7.45. The van der Waals surface area contributed by atoms with Crippen molar-refractivity contribution in [3.63, 3.8) is 0 Å². The van der Waals surface area contributed by atoms with Crippen LogP contribution in [0, 0.1) is 0 Å². The molecular weight excluding hydrogens is 356 g/mol. The number of hydrogen-bond donors (Lipinski definition) is 1. The number of likely N-dealkylation sites (N-methyl/N-ethyl adjacent to an activating group) is 1. The van der Waals surface area contributed by atoms with E-state index >= 15 is 0 Å². The zero-order valence-corrected chi connectivity index (χ0v) is 14.5. The van der Waals surface area contributed by atoms with Crippen molar-refractivity contribution in [1.29, 1.82) is 0 Å². The molecule has 5 heteroatoms. The Morgan fingerprint density at radius 2 is 1.83 bits per heavy atom. The highest BCUT2D eigenvalue weighted by molar-refractivity contribution is 9.10. The molecule has 0 fully saturated rings. The van der Waals surface area contributed by atoms with Crippen LogP contribution in [0.1, 0.15) is 22.8 Å². The lowest BCUT2D eigenvalue weighted by atomic mass is 10.2. The van der Waals surface area contributed by atoms with Gasteiger partial charge < -0.3 is 10.2 Å². The maximum Gasteiger partial charge on any atom is 0.251 e. The number of carbonyl (C=O) groups is 2. The van der Waals surface area contributed by atoms with Crippen LogP contribution in [-0.2, 0) is 11.3 Å². The number of rotatable bonds is 6. The normalized spacial score (nSPS) is 10.2.